The molecule has 0 aliphatic heterocycles. The van der Waals surface area contributed by atoms with E-state index in [1.807, 2.05) is 0 Å². The maximum atomic E-state index is 13.1. The second-order valence-corrected chi connectivity index (χ2v) is 3.31. The van der Waals surface area contributed by atoms with Crippen molar-refractivity contribution in [1.29, 1.82) is 0 Å². The molecule has 0 fully saturated rings. The zero-order chi connectivity index (χ0) is 11.3. The Morgan fingerprint density at radius 3 is 2.73 bits per heavy atom. The van der Waals surface area contributed by atoms with Crippen LogP contribution in [0.15, 0.2) is 18.2 Å². The molecular weight excluding hydrogens is 197 g/mol. The molecule has 1 atom stereocenters. The first-order valence-corrected chi connectivity index (χ1v) is 4.81. The maximum Gasteiger partial charge on any atom is 0.122 e. The summed E-state index contributed by atoms with van der Waals surface area (Å²) in [6.07, 6.45) is -0.367. The number of alkyl halides is 1. The van der Waals surface area contributed by atoms with Crippen LogP contribution >= 0.6 is 0 Å². The summed E-state index contributed by atoms with van der Waals surface area (Å²) in [7, 11) is 1.58. The van der Waals surface area contributed by atoms with Crippen LogP contribution in [0.5, 0.6) is 5.75 Å². The summed E-state index contributed by atoms with van der Waals surface area (Å²) >= 11 is 0. The van der Waals surface area contributed by atoms with Crippen molar-refractivity contribution in [3.05, 3.63) is 29.3 Å². The van der Waals surface area contributed by atoms with Crippen molar-refractivity contribution in [2.45, 2.75) is 19.5 Å². The first-order valence-electron chi connectivity index (χ1n) is 4.81. The topological polar surface area (TPSA) is 44.5 Å². The van der Waals surface area contributed by atoms with Gasteiger partial charge in [0.15, 0.2) is 0 Å². The highest BCUT2D eigenvalue weighted by Gasteiger charge is 2.08. The first-order chi connectivity index (χ1) is 7.19. The van der Waals surface area contributed by atoms with Gasteiger partial charge in [-0.25, -0.2) is 10.3 Å². The summed E-state index contributed by atoms with van der Waals surface area (Å²) in [6.45, 7) is 1.89. The Hall–Kier alpha value is -1.13. The molecule has 1 aromatic carbocycles. The Morgan fingerprint density at radius 1 is 1.47 bits per heavy atom. The average Bonchev–Trinajstić information content (AvgIpc) is 2.25. The summed E-state index contributed by atoms with van der Waals surface area (Å²) in [6, 6.07) is 5.26. The molecular formula is C11H16FNO2. The highest BCUT2D eigenvalue weighted by Crippen LogP contribution is 2.25. The Balaban J connectivity index is 2.91. The van der Waals surface area contributed by atoms with Crippen LogP contribution in [0.4, 0.5) is 4.39 Å². The van der Waals surface area contributed by atoms with Crippen LogP contribution in [-0.4, -0.2) is 13.7 Å². The molecule has 15 heavy (non-hydrogen) atoms. The number of ether oxygens (including phenoxy) is 1. The van der Waals surface area contributed by atoms with Gasteiger partial charge in [0.1, 0.15) is 11.9 Å². The molecule has 4 heteroatoms. The van der Waals surface area contributed by atoms with Crippen LogP contribution in [-0.2, 0) is 11.3 Å². The van der Waals surface area contributed by atoms with Crippen molar-refractivity contribution in [3.63, 3.8) is 0 Å². The van der Waals surface area contributed by atoms with Gasteiger partial charge >= 0.3 is 0 Å². The minimum atomic E-state index is -0.978. The Kier molecular flexibility index (Phi) is 4.52. The lowest BCUT2D eigenvalue weighted by Gasteiger charge is -2.10. The highest BCUT2D eigenvalue weighted by molar-refractivity contribution is 5.38. The third kappa shape index (κ3) is 3.18. The number of rotatable bonds is 5. The monoisotopic (exact) mass is 213 g/mol. The summed E-state index contributed by atoms with van der Waals surface area (Å²) < 4.78 is 18.2. The van der Waals surface area contributed by atoms with Gasteiger partial charge in [-0.3, -0.25) is 0 Å². The lowest BCUT2D eigenvalue weighted by molar-refractivity contribution is 0.140. The second kappa shape index (κ2) is 5.68. The van der Waals surface area contributed by atoms with Gasteiger partial charge in [-0.1, -0.05) is 6.07 Å². The van der Waals surface area contributed by atoms with E-state index in [1.54, 1.807) is 25.3 Å². The fraction of sp³-hybridized carbons (Fsp3) is 0.455. The molecule has 0 radical (unpaired) electrons. The molecule has 0 spiro atoms. The minimum absolute atomic E-state index is 0.389. The number of methoxy groups -OCH3 is 1. The van der Waals surface area contributed by atoms with E-state index < -0.39 is 6.17 Å². The number of benzene rings is 1. The van der Waals surface area contributed by atoms with Gasteiger partial charge < -0.3 is 9.57 Å². The van der Waals surface area contributed by atoms with E-state index in [4.69, 9.17) is 10.6 Å². The lowest BCUT2D eigenvalue weighted by Crippen LogP contribution is -2.05. The number of halogens is 1. The van der Waals surface area contributed by atoms with Gasteiger partial charge in [0.25, 0.3) is 0 Å². The molecule has 0 aliphatic carbocycles. The van der Waals surface area contributed by atoms with Gasteiger partial charge in [0.2, 0.25) is 0 Å². The fourth-order valence-corrected chi connectivity index (χ4v) is 1.41. The van der Waals surface area contributed by atoms with E-state index in [0.29, 0.717) is 18.6 Å². The highest BCUT2D eigenvalue weighted by atomic mass is 19.1. The second-order valence-electron chi connectivity index (χ2n) is 3.31. The molecule has 0 saturated carbocycles. The van der Waals surface area contributed by atoms with Crippen LogP contribution in [0, 0.1) is 0 Å². The molecule has 0 heterocycles. The average molecular weight is 213 g/mol. The third-order valence-corrected chi connectivity index (χ3v) is 2.25. The standard InChI is InChI=1S/C11H16FNO2/c1-8(12)9-3-4-11(14-2)10(7-9)5-6-15-13/h3-4,7-8H,5-6,13H2,1-2H3. The van der Waals surface area contributed by atoms with E-state index in [1.165, 1.54) is 6.92 Å². The van der Waals surface area contributed by atoms with Crippen molar-refractivity contribution >= 4 is 0 Å². The normalized spacial score (nSPS) is 12.5. The summed E-state index contributed by atoms with van der Waals surface area (Å²) in [5, 5.41) is 0. The smallest absolute Gasteiger partial charge is 0.122 e. The van der Waals surface area contributed by atoms with Crippen molar-refractivity contribution < 1.29 is 14.0 Å². The molecule has 0 saturated heterocycles. The van der Waals surface area contributed by atoms with Gasteiger partial charge in [-0.05, 0) is 30.2 Å². The summed E-state index contributed by atoms with van der Waals surface area (Å²) in [4.78, 5) is 4.50. The molecule has 0 bridgehead atoms. The molecule has 1 unspecified atom stereocenters. The van der Waals surface area contributed by atoms with Crippen LogP contribution < -0.4 is 10.6 Å². The molecule has 1 rings (SSSR count). The van der Waals surface area contributed by atoms with Crippen LogP contribution in [0.2, 0.25) is 0 Å². The Labute approximate surface area is 88.9 Å². The third-order valence-electron chi connectivity index (χ3n) is 2.25. The van der Waals surface area contributed by atoms with E-state index in [0.717, 1.165) is 11.3 Å². The van der Waals surface area contributed by atoms with Crippen molar-refractivity contribution in [2.75, 3.05) is 13.7 Å². The molecule has 1 aromatic rings. The Bertz CT molecular complexity index is 315. The molecule has 2 N–H and O–H groups in total. The number of nitrogens with two attached hydrogens (primary N) is 1. The van der Waals surface area contributed by atoms with Crippen LogP contribution in [0.1, 0.15) is 24.2 Å². The predicted octanol–water partition coefficient (Wildman–Crippen LogP) is 2.16. The van der Waals surface area contributed by atoms with Crippen LogP contribution in [0.3, 0.4) is 0 Å². The quantitative estimate of drug-likeness (QED) is 0.762. The summed E-state index contributed by atoms with van der Waals surface area (Å²) in [5.41, 5.74) is 1.55. The first kappa shape index (κ1) is 11.9. The zero-order valence-corrected chi connectivity index (χ0v) is 9.00. The van der Waals surface area contributed by atoms with Gasteiger partial charge in [0, 0.05) is 6.42 Å². The lowest BCUT2D eigenvalue weighted by atomic mass is 10.0. The van der Waals surface area contributed by atoms with E-state index in [9.17, 15) is 4.39 Å². The molecule has 0 amide bonds. The molecule has 0 aliphatic rings. The van der Waals surface area contributed by atoms with Crippen molar-refractivity contribution in [3.8, 4) is 5.75 Å². The van der Waals surface area contributed by atoms with Gasteiger partial charge in [-0.15, -0.1) is 0 Å². The largest absolute Gasteiger partial charge is 0.496 e. The van der Waals surface area contributed by atoms with Gasteiger partial charge in [-0.2, -0.15) is 0 Å². The number of hydrogen-bond donors (Lipinski definition) is 1. The Morgan fingerprint density at radius 2 is 2.20 bits per heavy atom. The zero-order valence-electron chi connectivity index (χ0n) is 9.00. The van der Waals surface area contributed by atoms with E-state index >= 15 is 0 Å². The van der Waals surface area contributed by atoms with Crippen molar-refractivity contribution in [2.24, 2.45) is 5.90 Å². The maximum absolute atomic E-state index is 13.1. The van der Waals surface area contributed by atoms with Crippen molar-refractivity contribution in [1.82, 2.24) is 0 Å². The fourth-order valence-electron chi connectivity index (χ4n) is 1.41. The molecule has 3 nitrogen and oxygen atoms in total. The molecule has 0 aromatic heterocycles. The minimum Gasteiger partial charge on any atom is -0.496 e. The summed E-state index contributed by atoms with van der Waals surface area (Å²) in [5.74, 6) is 5.68. The van der Waals surface area contributed by atoms with Crippen LogP contribution in [0.25, 0.3) is 0 Å². The predicted molar refractivity (Wildman–Crippen MR) is 56.4 cm³/mol. The SMILES string of the molecule is COc1ccc(C(C)F)cc1CCON. The molecule has 84 valence electrons. The van der Waals surface area contributed by atoms with E-state index in [2.05, 4.69) is 4.84 Å². The number of hydrogen-bond acceptors (Lipinski definition) is 3. The van der Waals surface area contributed by atoms with E-state index in [-0.39, 0.29) is 0 Å². The van der Waals surface area contributed by atoms with Gasteiger partial charge in [0.05, 0.1) is 13.7 Å².